The second-order valence-corrected chi connectivity index (χ2v) is 4.28. The van der Waals surface area contributed by atoms with E-state index in [1.807, 2.05) is 0 Å². The van der Waals surface area contributed by atoms with Gasteiger partial charge in [0, 0.05) is 0 Å². The lowest BCUT2D eigenvalue weighted by atomic mass is 10.0. The van der Waals surface area contributed by atoms with Crippen molar-refractivity contribution in [3.63, 3.8) is 0 Å². The van der Waals surface area contributed by atoms with Gasteiger partial charge in [0.15, 0.2) is 0 Å². The molecule has 2 amide bonds. The van der Waals surface area contributed by atoms with E-state index in [1.54, 1.807) is 30.3 Å². The zero-order chi connectivity index (χ0) is 15.1. The van der Waals surface area contributed by atoms with Crippen LogP contribution in [0.5, 0.6) is 5.75 Å². The molecule has 0 fully saturated rings. The number of nitrogens with one attached hydrogen (secondary N) is 1. The number of hydrogen-bond acceptors (Lipinski definition) is 4. The molecule has 0 aliphatic heterocycles. The Morgan fingerprint density at radius 3 is 2.40 bits per heavy atom. The van der Waals surface area contributed by atoms with E-state index >= 15 is 0 Å². The molecule has 0 saturated carbocycles. The van der Waals surface area contributed by atoms with Crippen LogP contribution in [0, 0.1) is 5.92 Å². The lowest BCUT2D eigenvalue weighted by Gasteiger charge is -2.17. The number of amides is 2. The van der Waals surface area contributed by atoms with Gasteiger partial charge in [0.25, 0.3) is 0 Å². The summed E-state index contributed by atoms with van der Waals surface area (Å²) in [4.78, 5) is 33.5. The van der Waals surface area contributed by atoms with Crippen molar-refractivity contribution in [2.24, 2.45) is 11.7 Å². The first-order valence-corrected chi connectivity index (χ1v) is 5.95. The van der Waals surface area contributed by atoms with E-state index in [-0.39, 0.29) is 6.42 Å². The number of aliphatic carboxylic acids is 1. The van der Waals surface area contributed by atoms with Gasteiger partial charge in [-0.15, -0.1) is 0 Å². The van der Waals surface area contributed by atoms with Gasteiger partial charge < -0.3 is 20.9 Å². The summed E-state index contributed by atoms with van der Waals surface area (Å²) in [6.45, 7) is 1.42. The average molecular weight is 280 g/mol. The summed E-state index contributed by atoms with van der Waals surface area (Å²) in [5.41, 5.74) is 5.12. The van der Waals surface area contributed by atoms with E-state index in [0.29, 0.717) is 5.75 Å². The van der Waals surface area contributed by atoms with Crippen molar-refractivity contribution in [1.82, 2.24) is 5.32 Å². The van der Waals surface area contributed by atoms with Crippen LogP contribution in [0.25, 0.3) is 0 Å². The Bertz CT molecular complexity index is 489. The first kappa shape index (κ1) is 15.5. The maximum atomic E-state index is 11.6. The van der Waals surface area contributed by atoms with E-state index in [9.17, 15) is 14.4 Å². The number of carbonyl (C=O) groups excluding carboxylic acids is 2. The van der Waals surface area contributed by atoms with Crippen LogP contribution in [0.4, 0.5) is 4.79 Å². The van der Waals surface area contributed by atoms with Crippen LogP contribution in [0.15, 0.2) is 30.3 Å². The fourth-order valence-electron chi connectivity index (χ4n) is 1.47. The summed E-state index contributed by atoms with van der Waals surface area (Å²) >= 11 is 0. The molecule has 1 aromatic carbocycles. The Morgan fingerprint density at radius 1 is 1.30 bits per heavy atom. The Balaban J connectivity index is 2.59. The first-order valence-electron chi connectivity index (χ1n) is 5.95. The SMILES string of the molecule is CC(C[C@H](NC(=O)Oc1ccccc1)C(N)=O)C(=O)O. The first-order chi connectivity index (χ1) is 9.40. The highest BCUT2D eigenvalue weighted by Crippen LogP contribution is 2.10. The van der Waals surface area contributed by atoms with Gasteiger partial charge >= 0.3 is 12.1 Å². The van der Waals surface area contributed by atoms with Gasteiger partial charge in [-0.05, 0) is 18.6 Å². The van der Waals surface area contributed by atoms with Gasteiger partial charge in [0.05, 0.1) is 5.92 Å². The Morgan fingerprint density at radius 2 is 1.90 bits per heavy atom. The van der Waals surface area contributed by atoms with Crippen LogP contribution < -0.4 is 15.8 Å². The summed E-state index contributed by atoms with van der Waals surface area (Å²) in [5.74, 6) is -2.40. The van der Waals surface area contributed by atoms with Crippen molar-refractivity contribution >= 4 is 18.0 Å². The van der Waals surface area contributed by atoms with Crippen LogP contribution in [-0.2, 0) is 9.59 Å². The topological polar surface area (TPSA) is 119 Å². The van der Waals surface area contributed by atoms with Gasteiger partial charge in [-0.3, -0.25) is 9.59 Å². The van der Waals surface area contributed by atoms with Crippen LogP contribution in [0.3, 0.4) is 0 Å². The van der Waals surface area contributed by atoms with E-state index in [1.165, 1.54) is 6.92 Å². The van der Waals surface area contributed by atoms with Gasteiger partial charge in [0.1, 0.15) is 11.8 Å². The van der Waals surface area contributed by atoms with Gasteiger partial charge in [-0.25, -0.2) is 4.79 Å². The molecule has 0 aliphatic rings. The minimum atomic E-state index is -1.10. The zero-order valence-corrected chi connectivity index (χ0v) is 10.9. The largest absolute Gasteiger partial charge is 0.481 e. The summed E-state index contributed by atoms with van der Waals surface area (Å²) in [6, 6.07) is 7.15. The minimum Gasteiger partial charge on any atom is -0.481 e. The predicted molar refractivity (Wildman–Crippen MR) is 70.0 cm³/mol. The second-order valence-electron chi connectivity index (χ2n) is 4.28. The van der Waals surface area contributed by atoms with Crippen molar-refractivity contribution < 1.29 is 24.2 Å². The number of carbonyl (C=O) groups is 3. The van der Waals surface area contributed by atoms with Crippen molar-refractivity contribution in [2.75, 3.05) is 0 Å². The third-order valence-corrected chi connectivity index (χ3v) is 2.60. The zero-order valence-electron chi connectivity index (χ0n) is 10.9. The lowest BCUT2D eigenvalue weighted by Crippen LogP contribution is -2.47. The van der Waals surface area contributed by atoms with E-state index in [4.69, 9.17) is 15.6 Å². The summed E-state index contributed by atoms with van der Waals surface area (Å²) in [5, 5.41) is 11.0. The monoisotopic (exact) mass is 280 g/mol. The summed E-state index contributed by atoms with van der Waals surface area (Å²) in [7, 11) is 0. The number of ether oxygens (including phenoxy) is 1. The Hall–Kier alpha value is -2.57. The number of para-hydroxylation sites is 1. The molecule has 7 heteroatoms. The molecule has 2 atom stereocenters. The number of carboxylic acid groups (broad SMARTS) is 1. The maximum absolute atomic E-state index is 11.6. The lowest BCUT2D eigenvalue weighted by molar-refractivity contribution is -0.141. The van der Waals surface area contributed by atoms with E-state index in [2.05, 4.69) is 5.32 Å². The van der Waals surface area contributed by atoms with E-state index in [0.717, 1.165) is 0 Å². The highest BCUT2D eigenvalue weighted by molar-refractivity contribution is 5.85. The standard InChI is InChI=1S/C13H16N2O5/c1-8(12(17)18)7-10(11(14)16)15-13(19)20-9-5-3-2-4-6-9/h2-6,8,10H,7H2,1H3,(H2,14,16)(H,15,19)(H,17,18)/t8?,10-/m0/s1. The molecule has 4 N–H and O–H groups in total. The molecular weight excluding hydrogens is 264 g/mol. The number of primary amides is 1. The third kappa shape index (κ3) is 4.97. The number of carboxylic acids is 1. The van der Waals surface area contributed by atoms with Crippen molar-refractivity contribution in [2.45, 2.75) is 19.4 Å². The third-order valence-electron chi connectivity index (χ3n) is 2.60. The van der Waals surface area contributed by atoms with Crippen molar-refractivity contribution in [1.29, 1.82) is 0 Å². The normalized spacial score (nSPS) is 13.1. The molecule has 20 heavy (non-hydrogen) atoms. The van der Waals surface area contributed by atoms with Crippen LogP contribution in [0.2, 0.25) is 0 Å². The average Bonchev–Trinajstić information content (AvgIpc) is 2.38. The highest BCUT2D eigenvalue weighted by atomic mass is 16.6. The molecule has 0 saturated heterocycles. The van der Waals surface area contributed by atoms with Gasteiger partial charge in [0.2, 0.25) is 5.91 Å². The number of benzene rings is 1. The molecule has 0 aromatic heterocycles. The summed E-state index contributed by atoms with van der Waals surface area (Å²) < 4.78 is 4.93. The number of hydrogen-bond donors (Lipinski definition) is 3. The van der Waals surface area contributed by atoms with Gasteiger partial charge in [-0.2, -0.15) is 0 Å². The maximum Gasteiger partial charge on any atom is 0.413 e. The van der Waals surface area contributed by atoms with Crippen molar-refractivity contribution in [3.05, 3.63) is 30.3 Å². The van der Waals surface area contributed by atoms with Crippen molar-refractivity contribution in [3.8, 4) is 5.75 Å². The molecule has 0 radical (unpaired) electrons. The molecule has 1 unspecified atom stereocenters. The van der Waals surface area contributed by atoms with Crippen LogP contribution in [-0.4, -0.2) is 29.1 Å². The number of nitrogens with two attached hydrogens (primary N) is 1. The van der Waals surface area contributed by atoms with E-state index < -0.39 is 29.9 Å². The molecule has 0 aliphatic carbocycles. The highest BCUT2D eigenvalue weighted by Gasteiger charge is 2.24. The van der Waals surface area contributed by atoms with Crippen LogP contribution in [0.1, 0.15) is 13.3 Å². The fraction of sp³-hybridized carbons (Fsp3) is 0.308. The predicted octanol–water partition coefficient (Wildman–Crippen LogP) is 0.740. The minimum absolute atomic E-state index is 0.103. The molecule has 108 valence electrons. The van der Waals surface area contributed by atoms with Crippen LogP contribution >= 0.6 is 0 Å². The summed E-state index contributed by atoms with van der Waals surface area (Å²) in [6.07, 6.45) is -0.966. The smallest absolute Gasteiger partial charge is 0.413 e. The molecule has 7 nitrogen and oxygen atoms in total. The molecule has 0 spiro atoms. The Labute approximate surface area is 115 Å². The second kappa shape index (κ2) is 7.13. The molecular formula is C13H16N2O5. The molecule has 0 bridgehead atoms. The molecule has 0 heterocycles. The Kier molecular flexibility index (Phi) is 5.52. The fourth-order valence-corrected chi connectivity index (χ4v) is 1.47. The number of rotatable bonds is 6. The molecule has 1 rings (SSSR count). The van der Waals surface area contributed by atoms with Gasteiger partial charge in [-0.1, -0.05) is 25.1 Å². The molecule has 1 aromatic rings. The quantitative estimate of drug-likeness (QED) is 0.710.